The zero-order valence-corrected chi connectivity index (χ0v) is 11.4. The summed E-state index contributed by atoms with van der Waals surface area (Å²) in [5.74, 6) is 0. The van der Waals surface area contributed by atoms with Crippen molar-refractivity contribution >= 4 is 11.6 Å². The van der Waals surface area contributed by atoms with Crippen molar-refractivity contribution in [3.8, 4) is 0 Å². The van der Waals surface area contributed by atoms with E-state index in [2.05, 4.69) is 10.3 Å². The third kappa shape index (κ3) is 3.61. The van der Waals surface area contributed by atoms with Gasteiger partial charge in [0.2, 0.25) is 0 Å². The van der Waals surface area contributed by atoms with Crippen molar-refractivity contribution in [3.63, 3.8) is 0 Å². The molecule has 1 unspecified atom stereocenters. The van der Waals surface area contributed by atoms with Crippen molar-refractivity contribution in [2.75, 3.05) is 6.54 Å². The highest BCUT2D eigenvalue weighted by Crippen LogP contribution is 2.33. The van der Waals surface area contributed by atoms with E-state index in [9.17, 15) is 8.78 Å². The summed E-state index contributed by atoms with van der Waals surface area (Å²) in [4.78, 5) is 4.06. The van der Waals surface area contributed by atoms with Crippen molar-refractivity contribution in [2.45, 2.75) is 43.7 Å². The van der Waals surface area contributed by atoms with Gasteiger partial charge in [-0.05, 0) is 42.6 Å². The molecule has 1 aromatic heterocycles. The minimum Gasteiger partial charge on any atom is -0.326 e. The highest BCUT2D eigenvalue weighted by Gasteiger charge is 2.31. The molecule has 0 saturated carbocycles. The Morgan fingerprint density at radius 2 is 2.16 bits per heavy atom. The molecule has 1 aliphatic rings. The number of hydrogen-bond acceptors (Lipinski definition) is 3. The second-order valence-corrected chi connectivity index (χ2v) is 5.27. The third-order valence-electron chi connectivity index (χ3n) is 3.41. The molecular formula is C13H18ClF2N3. The van der Waals surface area contributed by atoms with Gasteiger partial charge >= 0.3 is 5.38 Å². The fraction of sp³-hybridized carbons (Fsp3) is 0.615. The molecule has 0 radical (unpaired) electrons. The number of halogens is 3. The van der Waals surface area contributed by atoms with E-state index < -0.39 is 11.1 Å². The average molecular weight is 290 g/mol. The summed E-state index contributed by atoms with van der Waals surface area (Å²) >= 11 is 5.05. The maximum Gasteiger partial charge on any atom is 0.364 e. The lowest BCUT2D eigenvalue weighted by Gasteiger charge is -2.20. The van der Waals surface area contributed by atoms with Crippen molar-refractivity contribution < 1.29 is 8.78 Å². The number of nitrogens with two attached hydrogens (primary N) is 1. The topological polar surface area (TPSA) is 50.9 Å². The summed E-state index contributed by atoms with van der Waals surface area (Å²) in [5.41, 5.74) is 6.67. The van der Waals surface area contributed by atoms with Gasteiger partial charge in [-0.1, -0.05) is 18.9 Å². The molecule has 0 spiro atoms. The van der Waals surface area contributed by atoms with Gasteiger partial charge in [0.1, 0.15) is 5.69 Å². The average Bonchev–Trinajstić information content (AvgIpc) is 2.65. The maximum absolute atomic E-state index is 13.2. The van der Waals surface area contributed by atoms with Gasteiger partial charge in [-0.25, -0.2) is 4.98 Å². The first-order chi connectivity index (χ1) is 9.02. The molecule has 1 atom stereocenters. The summed E-state index contributed by atoms with van der Waals surface area (Å²) in [6.45, 7) is 1.16. The van der Waals surface area contributed by atoms with E-state index in [1.165, 1.54) is 6.07 Å². The molecule has 106 valence electrons. The minimum atomic E-state index is -3.44. The fourth-order valence-electron chi connectivity index (χ4n) is 2.40. The molecule has 2 rings (SSSR count). The van der Waals surface area contributed by atoms with Crippen LogP contribution in [0.5, 0.6) is 0 Å². The number of alkyl halides is 3. The molecular weight excluding hydrogens is 272 g/mol. The van der Waals surface area contributed by atoms with Crippen LogP contribution in [0.4, 0.5) is 8.78 Å². The molecule has 3 nitrogen and oxygen atoms in total. The summed E-state index contributed by atoms with van der Waals surface area (Å²) < 4.78 is 26.3. The molecule has 1 saturated heterocycles. The number of nitrogens with zero attached hydrogens (tertiary/aromatic N) is 1. The molecule has 6 heteroatoms. The largest absolute Gasteiger partial charge is 0.364 e. The van der Waals surface area contributed by atoms with Crippen LogP contribution in [-0.4, -0.2) is 11.5 Å². The van der Waals surface area contributed by atoms with Crippen molar-refractivity contribution in [1.82, 2.24) is 10.3 Å². The summed E-state index contributed by atoms with van der Waals surface area (Å²) in [6.07, 6.45) is 4.19. The zero-order chi connectivity index (χ0) is 13.9. The first-order valence-electron chi connectivity index (χ1n) is 6.53. The number of rotatable bonds is 3. The van der Waals surface area contributed by atoms with Crippen molar-refractivity contribution in [3.05, 3.63) is 29.1 Å². The first kappa shape index (κ1) is 14.6. The highest BCUT2D eigenvalue weighted by molar-refractivity contribution is 6.21. The standard InChI is InChI=1S/C13H18ClF2N3/c14-13(15,16)11-6-5-9(8-17)12(19-11)10-4-2-1-3-7-18-10/h5-6,10,18H,1-4,7-8,17H2. The lowest BCUT2D eigenvalue weighted by Crippen LogP contribution is -2.24. The second kappa shape index (κ2) is 6.11. The summed E-state index contributed by atoms with van der Waals surface area (Å²) in [6, 6.07) is 2.83. The maximum atomic E-state index is 13.2. The van der Waals surface area contributed by atoms with Crippen LogP contribution >= 0.6 is 11.6 Å². The van der Waals surface area contributed by atoms with E-state index >= 15 is 0 Å². The molecule has 0 aliphatic carbocycles. The quantitative estimate of drug-likeness (QED) is 0.841. The fourth-order valence-corrected chi connectivity index (χ4v) is 2.50. The lowest BCUT2D eigenvalue weighted by atomic mass is 10.0. The highest BCUT2D eigenvalue weighted by atomic mass is 35.5. The van der Waals surface area contributed by atoms with Gasteiger partial charge in [0.15, 0.2) is 0 Å². The van der Waals surface area contributed by atoms with Gasteiger partial charge in [0.05, 0.1) is 5.69 Å². The van der Waals surface area contributed by atoms with Gasteiger partial charge in [-0.2, -0.15) is 8.78 Å². The van der Waals surface area contributed by atoms with Gasteiger partial charge < -0.3 is 11.1 Å². The van der Waals surface area contributed by atoms with Gasteiger partial charge in [0.25, 0.3) is 0 Å². The normalized spacial score (nSPS) is 21.2. The van der Waals surface area contributed by atoms with Crippen LogP contribution in [0.15, 0.2) is 12.1 Å². The van der Waals surface area contributed by atoms with Crippen LogP contribution in [0.25, 0.3) is 0 Å². The van der Waals surface area contributed by atoms with E-state index in [0.717, 1.165) is 37.8 Å². The van der Waals surface area contributed by atoms with Crippen LogP contribution in [0.2, 0.25) is 0 Å². The van der Waals surface area contributed by atoms with Gasteiger partial charge in [0, 0.05) is 12.6 Å². The van der Waals surface area contributed by atoms with Crippen LogP contribution in [-0.2, 0) is 11.9 Å². The third-order valence-corrected chi connectivity index (χ3v) is 3.61. The molecule has 3 N–H and O–H groups in total. The number of aromatic nitrogens is 1. The van der Waals surface area contributed by atoms with E-state index in [4.69, 9.17) is 17.3 Å². The smallest absolute Gasteiger partial charge is 0.326 e. The van der Waals surface area contributed by atoms with Crippen molar-refractivity contribution in [2.24, 2.45) is 5.73 Å². The van der Waals surface area contributed by atoms with Crippen LogP contribution < -0.4 is 11.1 Å². The van der Waals surface area contributed by atoms with Crippen molar-refractivity contribution in [1.29, 1.82) is 0 Å². The van der Waals surface area contributed by atoms with Gasteiger partial charge in [-0.15, -0.1) is 0 Å². The molecule has 0 bridgehead atoms. The Morgan fingerprint density at radius 3 is 2.84 bits per heavy atom. The monoisotopic (exact) mass is 289 g/mol. The molecule has 1 aliphatic heterocycles. The number of nitrogens with one attached hydrogen (secondary N) is 1. The molecule has 19 heavy (non-hydrogen) atoms. The Kier molecular flexibility index (Phi) is 4.71. The van der Waals surface area contributed by atoms with Crippen LogP contribution in [0, 0.1) is 0 Å². The Balaban J connectivity index is 2.34. The SMILES string of the molecule is NCc1ccc(C(F)(F)Cl)nc1C1CCCCCN1. The van der Waals surface area contributed by atoms with E-state index in [0.29, 0.717) is 5.69 Å². The molecule has 1 aromatic rings. The van der Waals surface area contributed by atoms with Gasteiger partial charge in [-0.3, -0.25) is 0 Å². The zero-order valence-electron chi connectivity index (χ0n) is 10.6. The first-order valence-corrected chi connectivity index (χ1v) is 6.90. The predicted octanol–water partition coefficient (Wildman–Crippen LogP) is 3.03. The van der Waals surface area contributed by atoms with E-state index in [1.54, 1.807) is 6.07 Å². The summed E-state index contributed by atoms with van der Waals surface area (Å²) in [5, 5.41) is -0.0927. The van der Waals surface area contributed by atoms with Crippen LogP contribution in [0.3, 0.4) is 0 Å². The molecule has 0 amide bonds. The lowest BCUT2D eigenvalue weighted by molar-refractivity contribution is 0.0895. The Morgan fingerprint density at radius 1 is 1.37 bits per heavy atom. The summed E-state index contributed by atoms with van der Waals surface area (Å²) in [7, 11) is 0. The minimum absolute atomic E-state index is 0.0139. The Labute approximate surface area is 116 Å². The number of hydrogen-bond donors (Lipinski definition) is 2. The Bertz CT molecular complexity index is 426. The predicted molar refractivity (Wildman–Crippen MR) is 71.1 cm³/mol. The van der Waals surface area contributed by atoms with E-state index in [-0.39, 0.29) is 12.6 Å². The molecule has 1 fully saturated rings. The van der Waals surface area contributed by atoms with E-state index in [1.807, 2.05) is 0 Å². The Hall–Kier alpha value is -0.780. The molecule has 0 aromatic carbocycles. The second-order valence-electron chi connectivity index (χ2n) is 4.80. The number of pyridine rings is 1. The van der Waals surface area contributed by atoms with Crippen LogP contribution in [0.1, 0.15) is 48.7 Å². The molecule has 2 heterocycles.